The molecule has 0 fully saturated rings. The molecule has 0 aliphatic heterocycles. The second-order valence-electron chi connectivity index (χ2n) is 6.16. The number of hydrogen-bond donors (Lipinski definition) is 2. The average Bonchev–Trinajstić information content (AvgIpc) is 2.68. The fourth-order valence-corrected chi connectivity index (χ4v) is 2.36. The van der Waals surface area contributed by atoms with Gasteiger partial charge in [0.2, 0.25) is 5.91 Å². The zero-order valence-electron chi connectivity index (χ0n) is 16.6. The zero-order valence-corrected chi connectivity index (χ0v) is 16.6. The molecule has 0 radical (unpaired) electrons. The Kier molecular flexibility index (Phi) is 7.97. The van der Waals surface area contributed by atoms with Crippen molar-refractivity contribution in [3.8, 4) is 5.75 Å². The molecule has 2 amide bonds. The van der Waals surface area contributed by atoms with Crippen molar-refractivity contribution in [2.24, 2.45) is 0 Å². The minimum Gasteiger partial charge on any atom is -0.494 e. The third-order valence-corrected chi connectivity index (χ3v) is 3.74. The van der Waals surface area contributed by atoms with Gasteiger partial charge in [-0.3, -0.25) is 9.59 Å². The summed E-state index contributed by atoms with van der Waals surface area (Å²) in [7, 11) is 0. The highest BCUT2D eigenvalue weighted by Gasteiger charge is 2.16. The number of rotatable bonds is 8. The SMILES string of the molecule is CCOc1ccc(/C=C/C(=O)O[C@@H](C)C(=O)Nc2ccc(NC(C)=O)cc2)cc1. The first kappa shape index (κ1) is 21.7. The Morgan fingerprint density at radius 1 is 0.966 bits per heavy atom. The van der Waals surface area contributed by atoms with Crippen LogP contribution in [0.1, 0.15) is 26.3 Å². The van der Waals surface area contributed by atoms with Crippen LogP contribution in [0.3, 0.4) is 0 Å². The highest BCUT2D eigenvalue weighted by atomic mass is 16.5. The molecule has 0 saturated heterocycles. The van der Waals surface area contributed by atoms with Crippen molar-refractivity contribution in [1.29, 1.82) is 0 Å². The molecule has 0 unspecified atom stereocenters. The van der Waals surface area contributed by atoms with Crippen molar-refractivity contribution in [3.05, 3.63) is 60.2 Å². The van der Waals surface area contributed by atoms with E-state index in [2.05, 4.69) is 10.6 Å². The summed E-state index contributed by atoms with van der Waals surface area (Å²) in [6, 6.07) is 13.8. The summed E-state index contributed by atoms with van der Waals surface area (Å²) in [5.41, 5.74) is 1.95. The van der Waals surface area contributed by atoms with Crippen LogP contribution in [0.15, 0.2) is 54.6 Å². The van der Waals surface area contributed by atoms with E-state index >= 15 is 0 Å². The molecular weight excluding hydrogens is 372 g/mol. The first-order chi connectivity index (χ1) is 13.9. The van der Waals surface area contributed by atoms with Gasteiger partial charge >= 0.3 is 5.97 Å². The van der Waals surface area contributed by atoms with E-state index in [4.69, 9.17) is 9.47 Å². The molecule has 29 heavy (non-hydrogen) atoms. The number of hydrogen-bond acceptors (Lipinski definition) is 5. The smallest absolute Gasteiger partial charge is 0.331 e. The number of esters is 1. The highest BCUT2D eigenvalue weighted by molar-refractivity contribution is 5.97. The van der Waals surface area contributed by atoms with Gasteiger partial charge in [0.25, 0.3) is 5.91 Å². The van der Waals surface area contributed by atoms with Crippen LogP contribution in [-0.4, -0.2) is 30.5 Å². The Morgan fingerprint density at radius 3 is 2.10 bits per heavy atom. The third-order valence-electron chi connectivity index (χ3n) is 3.74. The van der Waals surface area contributed by atoms with Crippen molar-refractivity contribution in [1.82, 2.24) is 0 Å². The Balaban J connectivity index is 1.84. The van der Waals surface area contributed by atoms with Crippen LogP contribution in [0.2, 0.25) is 0 Å². The van der Waals surface area contributed by atoms with Crippen LogP contribution in [0.4, 0.5) is 11.4 Å². The van der Waals surface area contributed by atoms with Gasteiger partial charge < -0.3 is 20.1 Å². The Labute approximate surface area is 169 Å². The molecule has 0 aliphatic rings. The number of carbonyl (C=O) groups is 3. The fraction of sp³-hybridized carbons (Fsp3) is 0.227. The number of nitrogens with one attached hydrogen (secondary N) is 2. The zero-order chi connectivity index (χ0) is 21.2. The van der Waals surface area contributed by atoms with Crippen molar-refractivity contribution in [2.45, 2.75) is 26.9 Å². The maximum atomic E-state index is 12.2. The van der Waals surface area contributed by atoms with Gasteiger partial charge in [0.1, 0.15) is 5.75 Å². The predicted molar refractivity (Wildman–Crippen MR) is 112 cm³/mol. The lowest BCUT2D eigenvalue weighted by Crippen LogP contribution is -2.29. The summed E-state index contributed by atoms with van der Waals surface area (Å²) in [6.45, 7) is 5.39. The topological polar surface area (TPSA) is 93.7 Å². The molecule has 152 valence electrons. The number of amides is 2. The molecule has 2 aromatic rings. The molecule has 2 N–H and O–H groups in total. The minimum atomic E-state index is -0.970. The van der Waals surface area contributed by atoms with Crippen LogP contribution in [0.5, 0.6) is 5.75 Å². The van der Waals surface area contributed by atoms with E-state index in [0.29, 0.717) is 18.0 Å². The lowest BCUT2D eigenvalue weighted by molar-refractivity contribution is -0.148. The van der Waals surface area contributed by atoms with Crippen LogP contribution in [0, 0.1) is 0 Å². The first-order valence-electron chi connectivity index (χ1n) is 9.17. The molecular formula is C22H24N2O5. The molecule has 0 heterocycles. The van der Waals surface area contributed by atoms with Crippen molar-refractivity contribution >= 4 is 35.2 Å². The van der Waals surface area contributed by atoms with E-state index < -0.39 is 18.0 Å². The summed E-state index contributed by atoms with van der Waals surface area (Å²) >= 11 is 0. The predicted octanol–water partition coefficient (Wildman–Crippen LogP) is 3.63. The molecule has 7 nitrogen and oxygen atoms in total. The van der Waals surface area contributed by atoms with E-state index in [0.717, 1.165) is 11.3 Å². The molecule has 2 aromatic carbocycles. The van der Waals surface area contributed by atoms with Gasteiger partial charge in [-0.15, -0.1) is 0 Å². The molecule has 0 spiro atoms. The molecule has 0 aromatic heterocycles. The Hall–Kier alpha value is -3.61. The average molecular weight is 396 g/mol. The first-order valence-corrected chi connectivity index (χ1v) is 9.17. The monoisotopic (exact) mass is 396 g/mol. The number of anilines is 2. The second kappa shape index (κ2) is 10.7. The van der Waals surface area contributed by atoms with Crippen molar-refractivity contribution < 1.29 is 23.9 Å². The van der Waals surface area contributed by atoms with Gasteiger partial charge in [-0.05, 0) is 61.9 Å². The van der Waals surface area contributed by atoms with Crippen LogP contribution in [-0.2, 0) is 19.1 Å². The lowest BCUT2D eigenvalue weighted by Gasteiger charge is -2.12. The summed E-state index contributed by atoms with van der Waals surface area (Å²) in [4.78, 5) is 35.1. The minimum absolute atomic E-state index is 0.180. The maximum absolute atomic E-state index is 12.2. The Bertz CT molecular complexity index is 873. The molecule has 0 saturated carbocycles. The Morgan fingerprint density at radius 2 is 1.55 bits per heavy atom. The van der Waals surface area contributed by atoms with Crippen molar-refractivity contribution in [3.63, 3.8) is 0 Å². The van der Waals surface area contributed by atoms with Gasteiger partial charge in [-0.25, -0.2) is 4.79 Å². The lowest BCUT2D eigenvalue weighted by atomic mass is 10.2. The molecule has 0 aliphatic carbocycles. The fourth-order valence-electron chi connectivity index (χ4n) is 2.36. The summed E-state index contributed by atoms with van der Waals surface area (Å²) < 4.78 is 10.5. The van der Waals surface area contributed by atoms with Gasteiger partial charge in [-0.1, -0.05) is 12.1 Å². The van der Waals surface area contributed by atoms with E-state index in [1.54, 1.807) is 30.3 Å². The number of ether oxygens (including phenoxy) is 2. The summed E-state index contributed by atoms with van der Waals surface area (Å²) in [6.07, 6.45) is 1.90. The van der Waals surface area contributed by atoms with E-state index in [9.17, 15) is 14.4 Å². The third kappa shape index (κ3) is 7.50. The molecule has 1 atom stereocenters. The molecule has 2 rings (SSSR count). The largest absolute Gasteiger partial charge is 0.494 e. The standard InChI is InChI=1S/C22H24N2O5/c1-4-28-20-12-5-17(6-13-20)7-14-21(26)29-15(2)22(27)24-19-10-8-18(9-11-19)23-16(3)25/h5-15H,4H2,1-3H3,(H,23,25)(H,24,27)/b14-7+/t15-/m0/s1. The summed E-state index contributed by atoms with van der Waals surface area (Å²) in [5, 5.41) is 5.29. The van der Waals surface area contributed by atoms with Crippen LogP contribution < -0.4 is 15.4 Å². The van der Waals surface area contributed by atoms with Gasteiger partial charge in [0.15, 0.2) is 6.10 Å². The van der Waals surface area contributed by atoms with Gasteiger partial charge in [-0.2, -0.15) is 0 Å². The van der Waals surface area contributed by atoms with E-state index in [1.807, 2.05) is 31.2 Å². The number of benzene rings is 2. The highest BCUT2D eigenvalue weighted by Crippen LogP contribution is 2.15. The van der Waals surface area contributed by atoms with Gasteiger partial charge in [0.05, 0.1) is 6.61 Å². The van der Waals surface area contributed by atoms with E-state index in [1.165, 1.54) is 19.9 Å². The quantitative estimate of drug-likeness (QED) is 0.525. The second-order valence-corrected chi connectivity index (χ2v) is 6.16. The maximum Gasteiger partial charge on any atom is 0.331 e. The number of carbonyl (C=O) groups excluding carboxylic acids is 3. The van der Waals surface area contributed by atoms with Crippen LogP contribution in [0.25, 0.3) is 6.08 Å². The summed E-state index contributed by atoms with van der Waals surface area (Å²) in [5.74, 6) is -0.508. The van der Waals surface area contributed by atoms with E-state index in [-0.39, 0.29) is 5.91 Å². The molecule has 7 heteroatoms. The molecule has 0 bridgehead atoms. The normalized spacial score (nSPS) is 11.6. The van der Waals surface area contributed by atoms with Crippen LogP contribution >= 0.6 is 0 Å². The van der Waals surface area contributed by atoms with Gasteiger partial charge in [0, 0.05) is 24.4 Å². The van der Waals surface area contributed by atoms with Crippen molar-refractivity contribution in [2.75, 3.05) is 17.2 Å².